The zero-order chi connectivity index (χ0) is 22.1. The number of nitrogens with zero attached hydrogens (tertiary/aromatic N) is 2. The molecule has 1 saturated heterocycles. The van der Waals surface area contributed by atoms with Gasteiger partial charge >= 0.3 is 0 Å². The number of thioether (sulfide) groups is 1. The van der Waals surface area contributed by atoms with Gasteiger partial charge in [0.2, 0.25) is 0 Å². The van der Waals surface area contributed by atoms with E-state index in [1.54, 1.807) is 17.3 Å². The van der Waals surface area contributed by atoms with Crippen LogP contribution in [0.4, 0.5) is 8.78 Å². The van der Waals surface area contributed by atoms with Gasteiger partial charge in [-0.15, -0.1) is 0 Å². The predicted molar refractivity (Wildman–Crippen MR) is 116 cm³/mol. The number of nitrogens with one attached hydrogen (secondary N) is 4. The number of halogens is 2. The van der Waals surface area contributed by atoms with Crippen molar-refractivity contribution in [1.82, 2.24) is 31.3 Å². The molecule has 170 valence electrons. The molecule has 0 aromatic heterocycles. The van der Waals surface area contributed by atoms with Gasteiger partial charge in [0.05, 0.1) is 19.3 Å². The van der Waals surface area contributed by atoms with E-state index >= 15 is 0 Å². The normalized spacial score (nSPS) is 27.3. The first-order valence-corrected chi connectivity index (χ1v) is 11.4. The molecule has 3 unspecified atom stereocenters. The summed E-state index contributed by atoms with van der Waals surface area (Å²) in [7, 11) is 0. The van der Waals surface area contributed by atoms with Crippen LogP contribution in [0.25, 0.3) is 0 Å². The Morgan fingerprint density at radius 3 is 2.94 bits per heavy atom. The molecular formula is C21H24F2N6O2S. The smallest absolute Gasteiger partial charge is 0.272 e. The summed E-state index contributed by atoms with van der Waals surface area (Å²) in [5.41, 5.74) is 4.42. The Kier molecular flexibility index (Phi) is 6.05. The van der Waals surface area contributed by atoms with Gasteiger partial charge in [0, 0.05) is 37.1 Å². The first-order valence-electron chi connectivity index (χ1n) is 10.4. The molecule has 4 heterocycles. The van der Waals surface area contributed by atoms with Crippen molar-refractivity contribution in [3.05, 3.63) is 70.6 Å². The zero-order valence-corrected chi connectivity index (χ0v) is 18.0. The van der Waals surface area contributed by atoms with E-state index < -0.39 is 17.7 Å². The lowest BCUT2D eigenvalue weighted by atomic mass is 10.0. The Morgan fingerprint density at radius 1 is 1.25 bits per heavy atom. The molecule has 0 saturated carbocycles. The monoisotopic (exact) mass is 462 g/mol. The van der Waals surface area contributed by atoms with E-state index in [4.69, 9.17) is 4.74 Å². The van der Waals surface area contributed by atoms with Crippen LogP contribution in [0, 0.1) is 11.6 Å². The van der Waals surface area contributed by atoms with E-state index in [-0.39, 0.29) is 23.1 Å². The summed E-state index contributed by atoms with van der Waals surface area (Å²) in [5.74, 6) is -2.09. The molecule has 3 atom stereocenters. The van der Waals surface area contributed by atoms with Crippen LogP contribution >= 0.6 is 11.8 Å². The fourth-order valence-electron chi connectivity index (χ4n) is 4.00. The summed E-state index contributed by atoms with van der Waals surface area (Å²) in [6, 6.07) is 3.47. The fraction of sp³-hybridized carbons (Fsp3) is 0.381. The lowest BCUT2D eigenvalue weighted by Crippen LogP contribution is -2.52. The molecule has 8 nitrogen and oxygen atoms in total. The van der Waals surface area contributed by atoms with Crippen molar-refractivity contribution in [2.45, 2.75) is 17.7 Å². The van der Waals surface area contributed by atoms with Gasteiger partial charge in [0.15, 0.2) is 17.1 Å². The Labute approximate surface area is 188 Å². The molecule has 0 spiro atoms. The van der Waals surface area contributed by atoms with E-state index in [0.717, 1.165) is 44.6 Å². The molecule has 4 aliphatic rings. The van der Waals surface area contributed by atoms with Crippen LogP contribution in [0.2, 0.25) is 0 Å². The molecule has 5 rings (SSSR count). The van der Waals surface area contributed by atoms with E-state index in [2.05, 4.69) is 26.3 Å². The Morgan fingerprint density at radius 2 is 2.09 bits per heavy atom. The third kappa shape index (κ3) is 4.33. The lowest BCUT2D eigenvalue weighted by Gasteiger charge is -2.35. The molecule has 11 heteroatoms. The number of carbonyl (C=O) groups excluding carboxylic acids is 1. The minimum atomic E-state index is -0.905. The summed E-state index contributed by atoms with van der Waals surface area (Å²) in [4.78, 5) is 15.3. The fourth-order valence-corrected chi connectivity index (χ4v) is 4.84. The van der Waals surface area contributed by atoms with Crippen molar-refractivity contribution in [2.75, 3.05) is 32.8 Å². The highest BCUT2D eigenvalue weighted by Crippen LogP contribution is 2.28. The average Bonchev–Trinajstić information content (AvgIpc) is 3.42. The third-order valence-electron chi connectivity index (χ3n) is 5.66. The Bertz CT molecular complexity index is 981. The number of rotatable bonds is 5. The van der Waals surface area contributed by atoms with Crippen LogP contribution < -0.4 is 21.4 Å². The highest BCUT2D eigenvalue weighted by molar-refractivity contribution is 8.02. The maximum atomic E-state index is 14.3. The molecule has 1 aromatic rings. The quantitative estimate of drug-likeness (QED) is 0.484. The van der Waals surface area contributed by atoms with Crippen LogP contribution in [-0.4, -0.2) is 60.3 Å². The van der Waals surface area contributed by atoms with Crippen molar-refractivity contribution in [3.8, 4) is 0 Å². The highest BCUT2D eigenvalue weighted by Gasteiger charge is 2.35. The molecule has 1 fully saturated rings. The molecule has 0 aliphatic carbocycles. The molecule has 32 heavy (non-hydrogen) atoms. The van der Waals surface area contributed by atoms with Gasteiger partial charge in [-0.2, -0.15) is 0 Å². The van der Waals surface area contributed by atoms with Gasteiger partial charge in [-0.25, -0.2) is 14.2 Å². The SMILES string of the molecule is O=C(NC1NC(CN2CCOCC2)=CS1)C1=CNC2C=CC(c3cccc(F)c3F)NN12. The lowest BCUT2D eigenvalue weighted by molar-refractivity contribution is -0.119. The van der Waals surface area contributed by atoms with Gasteiger partial charge in [-0.3, -0.25) is 14.7 Å². The number of benzene rings is 1. The number of ether oxygens (including phenoxy) is 1. The molecule has 0 radical (unpaired) electrons. The summed E-state index contributed by atoms with van der Waals surface area (Å²) in [6.45, 7) is 4.04. The second-order valence-corrected chi connectivity index (χ2v) is 8.79. The van der Waals surface area contributed by atoms with Crippen LogP contribution in [0.1, 0.15) is 11.6 Å². The number of hydrogen-bond acceptors (Lipinski definition) is 8. The molecule has 4 aliphatic heterocycles. The number of amides is 1. The van der Waals surface area contributed by atoms with Crippen molar-refractivity contribution < 1.29 is 18.3 Å². The van der Waals surface area contributed by atoms with Gasteiger partial charge in [-0.05, 0) is 17.6 Å². The number of morpholine rings is 1. The number of fused-ring (bicyclic) bond motifs is 1. The topological polar surface area (TPSA) is 80.9 Å². The highest BCUT2D eigenvalue weighted by atomic mass is 32.2. The van der Waals surface area contributed by atoms with Crippen LogP contribution in [-0.2, 0) is 9.53 Å². The largest absolute Gasteiger partial charge is 0.379 e. The molecular weight excluding hydrogens is 438 g/mol. The van der Waals surface area contributed by atoms with Crippen LogP contribution in [0.5, 0.6) is 0 Å². The first-order chi connectivity index (χ1) is 15.6. The van der Waals surface area contributed by atoms with Crippen molar-refractivity contribution in [3.63, 3.8) is 0 Å². The number of hydrogen-bond donors (Lipinski definition) is 4. The molecule has 1 amide bonds. The van der Waals surface area contributed by atoms with E-state index in [1.807, 2.05) is 11.5 Å². The molecule has 4 N–H and O–H groups in total. The Hall–Kier alpha value is -2.60. The second-order valence-electron chi connectivity index (χ2n) is 7.81. The average molecular weight is 463 g/mol. The van der Waals surface area contributed by atoms with Crippen molar-refractivity contribution in [2.24, 2.45) is 0 Å². The van der Waals surface area contributed by atoms with E-state index in [1.165, 1.54) is 23.9 Å². The van der Waals surface area contributed by atoms with Gasteiger partial charge in [0.1, 0.15) is 11.9 Å². The number of hydrazine groups is 1. The van der Waals surface area contributed by atoms with Gasteiger partial charge < -0.3 is 20.7 Å². The van der Waals surface area contributed by atoms with E-state index in [0.29, 0.717) is 5.70 Å². The summed E-state index contributed by atoms with van der Waals surface area (Å²) < 4.78 is 33.3. The minimum Gasteiger partial charge on any atom is -0.379 e. The summed E-state index contributed by atoms with van der Waals surface area (Å²) in [6.07, 6.45) is 4.88. The van der Waals surface area contributed by atoms with E-state index in [9.17, 15) is 13.6 Å². The number of carbonyl (C=O) groups is 1. The minimum absolute atomic E-state index is 0.177. The van der Waals surface area contributed by atoms with Crippen molar-refractivity contribution >= 4 is 17.7 Å². The maximum Gasteiger partial charge on any atom is 0.272 e. The summed E-state index contributed by atoms with van der Waals surface area (Å²) in [5, 5.41) is 13.1. The second kappa shape index (κ2) is 9.10. The first kappa shape index (κ1) is 21.3. The van der Waals surface area contributed by atoms with Crippen LogP contribution in [0.3, 0.4) is 0 Å². The summed E-state index contributed by atoms with van der Waals surface area (Å²) >= 11 is 1.50. The van der Waals surface area contributed by atoms with Gasteiger partial charge in [0.25, 0.3) is 5.91 Å². The third-order valence-corrected chi connectivity index (χ3v) is 6.59. The zero-order valence-electron chi connectivity index (χ0n) is 17.2. The molecule has 1 aromatic carbocycles. The maximum absolute atomic E-state index is 14.3. The van der Waals surface area contributed by atoms with Gasteiger partial charge in [-0.1, -0.05) is 30.0 Å². The van der Waals surface area contributed by atoms with Crippen molar-refractivity contribution in [1.29, 1.82) is 0 Å². The standard InChI is InChI=1S/C21H24F2N6O2S/c22-15-3-1-2-14(19(15)23)16-4-5-18-24-10-17(29(18)27-16)20(30)26-21-25-13(12-32-21)11-28-6-8-31-9-7-28/h1-5,10,12,16,18,21,24-25,27H,6-9,11H2,(H,26,30). The molecule has 0 bridgehead atoms. The predicted octanol–water partition coefficient (Wildman–Crippen LogP) is 1.06. The Balaban J connectivity index is 1.18. The van der Waals surface area contributed by atoms with Crippen LogP contribution in [0.15, 0.2) is 53.4 Å².